The highest BCUT2D eigenvalue weighted by Gasteiger charge is 2.14. The Bertz CT molecular complexity index is 504. The number of rotatable bonds is 6. The molecule has 102 valence electrons. The predicted molar refractivity (Wildman–Crippen MR) is 82.2 cm³/mol. The Hall–Kier alpha value is -1.32. The first-order valence-corrected chi connectivity index (χ1v) is 7.58. The summed E-state index contributed by atoms with van der Waals surface area (Å²) in [7, 11) is 0. The van der Waals surface area contributed by atoms with Crippen LogP contribution in [0.4, 0.5) is 0 Å². The number of ether oxygens (including phenoxy) is 1. The number of hydrogen-bond donors (Lipinski definition) is 1. The summed E-state index contributed by atoms with van der Waals surface area (Å²) in [5, 5.41) is 3.55. The van der Waals surface area contributed by atoms with Gasteiger partial charge < -0.3 is 10.1 Å². The van der Waals surface area contributed by atoms with Crippen molar-refractivity contribution < 1.29 is 4.74 Å². The van der Waals surface area contributed by atoms with Crippen LogP contribution < -0.4 is 10.1 Å². The van der Waals surface area contributed by atoms with Gasteiger partial charge in [0.1, 0.15) is 5.75 Å². The monoisotopic (exact) mass is 275 g/mol. The van der Waals surface area contributed by atoms with Gasteiger partial charge in [-0.3, -0.25) is 0 Å². The molecule has 2 nitrogen and oxygen atoms in total. The summed E-state index contributed by atoms with van der Waals surface area (Å²) in [4.78, 5) is 2.72. The van der Waals surface area contributed by atoms with Gasteiger partial charge in [0.25, 0.3) is 0 Å². The van der Waals surface area contributed by atoms with E-state index in [9.17, 15) is 0 Å². The maximum absolute atomic E-state index is 5.49. The van der Waals surface area contributed by atoms with Crippen molar-refractivity contribution in [3.05, 3.63) is 51.7 Å². The van der Waals surface area contributed by atoms with E-state index in [1.807, 2.05) is 30.4 Å². The van der Waals surface area contributed by atoms with Crippen molar-refractivity contribution in [2.24, 2.45) is 0 Å². The zero-order chi connectivity index (χ0) is 13.7. The van der Waals surface area contributed by atoms with E-state index in [1.54, 1.807) is 0 Å². The molecule has 2 rings (SSSR count). The van der Waals surface area contributed by atoms with Gasteiger partial charge >= 0.3 is 0 Å². The van der Waals surface area contributed by atoms with Crippen molar-refractivity contribution in [3.63, 3.8) is 0 Å². The van der Waals surface area contributed by atoms with Gasteiger partial charge in [0.2, 0.25) is 0 Å². The average molecular weight is 275 g/mol. The Morgan fingerprint density at radius 1 is 1.11 bits per heavy atom. The molecule has 1 N–H and O–H groups in total. The van der Waals surface area contributed by atoms with E-state index in [1.165, 1.54) is 15.3 Å². The maximum atomic E-state index is 5.49. The molecule has 0 saturated heterocycles. The molecule has 0 radical (unpaired) electrons. The first-order chi connectivity index (χ1) is 9.24. The summed E-state index contributed by atoms with van der Waals surface area (Å²) in [5.74, 6) is 0.934. The summed E-state index contributed by atoms with van der Waals surface area (Å²) in [6, 6.07) is 13.1. The smallest absolute Gasteiger partial charge is 0.119 e. The van der Waals surface area contributed by atoms with E-state index in [-0.39, 0.29) is 6.04 Å². The molecule has 1 aromatic heterocycles. The second kappa shape index (κ2) is 6.73. The van der Waals surface area contributed by atoms with Crippen LogP contribution in [0, 0.1) is 6.92 Å². The lowest BCUT2D eigenvalue weighted by Crippen LogP contribution is -2.20. The van der Waals surface area contributed by atoms with E-state index < -0.39 is 0 Å². The minimum absolute atomic E-state index is 0.277. The molecule has 0 fully saturated rings. The van der Waals surface area contributed by atoms with Gasteiger partial charge in [-0.25, -0.2) is 0 Å². The molecule has 1 unspecified atom stereocenters. The minimum atomic E-state index is 0.277. The number of benzene rings is 1. The van der Waals surface area contributed by atoms with E-state index in [4.69, 9.17) is 4.74 Å². The van der Waals surface area contributed by atoms with E-state index >= 15 is 0 Å². The van der Waals surface area contributed by atoms with Crippen LogP contribution in [0.1, 0.15) is 35.2 Å². The van der Waals surface area contributed by atoms with Crippen molar-refractivity contribution in [1.29, 1.82) is 0 Å². The standard InChI is InChI=1S/C16H21NOS/c1-4-17-16(15-11-6-12(3)19-15)13-7-9-14(10-8-13)18-5-2/h6-11,16-17H,4-5H2,1-3H3. The maximum Gasteiger partial charge on any atom is 0.119 e. The molecule has 19 heavy (non-hydrogen) atoms. The molecule has 0 spiro atoms. The number of thiophene rings is 1. The normalized spacial score (nSPS) is 12.4. The van der Waals surface area contributed by atoms with Crippen molar-refractivity contribution >= 4 is 11.3 Å². The Kier molecular flexibility index (Phi) is 5.00. The lowest BCUT2D eigenvalue weighted by Gasteiger charge is -2.17. The van der Waals surface area contributed by atoms with E-state index in [0.717, 1.165) is 12.3 Å². The van der Waals surface area contributed by atoms with Crippen molar-refractivity contribution in [1.82, 2.24) is 5.32 Å². The second-order valence-electron chi connectivity index (χ2n) is 4.44. The molecular weight excluding hydrogens is 254 g/mol. The molecule has 0 amide bonds. The summed E-state index contributed by atoms with van der Waals surface area (Å²) < 4.78 is 5.49. The zero-order valence-corrected chi connectivity index (χ0v) is 12.6. The van der Waals surface area contributed by atoms with Crippen LogP contribution in [0.5, 0.6) is 5.75 Å². The zero-order valence-electron chi connectivity index (χ0n) is 11.8. The van der Waals surface area contributed by atoms with Crippen molar-refractivity contribution in [2.75, 3.05) is 13.2 Å². The molecule has 0 saturated carbocycles. The lowest BCUT2D eigenvalue weighted by atomic mass is 10.1. The number of nitrogens with one attached hydrogen (secondary N) is 1. The summed E-state index contributed by atoms with van der Waals surface area (Å²) in [6.45, 7) is 7.95. The Labute approximate surface area is 119 Å². The van der Waals surface area contributed by atoms with Gasteiger partial charge in [0.15, 0.2) is 0 Å². The summed E-state index contributed by atoms with van der Waals surface area (Å²) in [5.41, 5.74) is 1.28. The first kappa shape index (κ1) is 14.1. The van der Waals surface area contributed by atoms with Crippen LogP contribution in [0.15, 0.2) is 36.4 Å². The second-order valence-corrected chi connectivity index (χ2v) is 5.76. The highest BCUT2D eigenvalue weighted by atomic mass is 32.1. The van der Waals surface area contributed by atoms with E-state index in [0.29, 0.717) is 6.61 Å². The average Bonchev–Trinajstić information content (AvgIpc) is 2.84. The summed E-state index contributed by atoms with van der Waals surface area (Å²) >= 11 is 1.85. The fraction of sp³-hybridized carbons (Fsp3) is 0.375. The molecule has 0 aliphatic carbocycles. The van der Waals surface area contributed by atoms with Crippen LogP contribution in [-0.2, 0) is 0 Å². The SMILES string of the molecule is CCNC(c1ccc(OCC)cc1)c1ccc(C)s1. The fourth-order valence-electron chi connectivity index (χ4n) is 2.12. The third-order valence-corrected chi connectivity index (χ3v) is 4.04. The first-order valence-electron chi connectivity index (χ1n) is 6.77. The highest BCUT2D eigenvalue weighted by molar-refractivity contribution is 7.12. The Balaban J connectivity index is 2.23. The molecule has 0 aliphatic rings. The topological polar surface area (TPSA) is 21.3 Å². The summed E-state index contributed by atoms with van der Waals surface area (Å²) in [6.07, 6.45) is 0. The van der Waals surface area contributed by atoms with Gasteiger partial charge in [0.05, 0.1) is 12.6 Å². The van der Waals surface area contributed by atoms with Crippen LogP contribution in [0.25, 0.3) is 0 Å². The quantitative estimate of drug-likeness (QED) is 0.855. The molecular formula is C16H21NOS. The fourth-order valence-corrected chi connectivity index (χ4v) is 3.10. The molecule has 2 aromatic rings. The minimum Gasteiger partial charge on any atom is -0.494 e. The predicted octanol–water partition coefficient (Wildman–Crippen LogP) is 4.15. The van der Waals surface area contributed by atoms with Crippen molar-refractivity contribution in [2.45, 2.75) is 26.8 Å². The third kappa shape index (κ3) is 3.58. The lowest BCUT2D eigenvalue weighted by molar-refractivity contribution is 0.340. The Morgan fingerprint density at radius 2 is 1.84 bits per heavy atom. The Morgan fingerprint density at radius 3 is 2.37 bits per heavy atom. The van der Waals surface area contributed by atoms with Crippen LogP contribution in [0.3, 0.4) is 0 Å². The van der Waals surface area contributed by atoms with Crippen molar-refractivity contribution in [3.8, 4) is 5.75 Å². The van der Waals surface area contributed by atoms with Gasteiger partial charge in [-0.15, -0.1) is 11.3 Å². The molecule has 1 heterocycles. The van der Waals surface area contributed by atoms with Crippen LogP contribution >= 0.6 is 11.3 Å². The van der Waals surface area contributed by atoms with Crippen LogP contribution in [-0.4, -0.2) is 13.2 Å². The third-order valence-electron chi connectivity index (χ3n) is 2.98. The molecule has 3 heteroatoms. The van der Waals surface area contributed by atoms with Gasteiger partial charge in [-0.2, -0.15) is 0 Å². The van der Waals surface area contributed by atoms with E-state index in [2.05, 4.69) is 43.4 Å². The molecule has 0 bridgehead atoms. The van der Waals surface area contributed by atoms with Gasteiger partial charge in [-0.1, -0.05) is 19.1 Å². The van der Waals surface area contributed by atoms with Gasteiger partial charge in [0, 0.05) is 9.75 Å². The highest BCUT2D eigenvalue weighted by Crippen LogP contribution is 2.29. The van der Waals surface area contributed by atoms with Crippen LogP contribution in [0.2, 0.25) is 0 Å². The van der Waals surface area contributed by atoms with Gasteiger partial charge in [-0.05, 0) is 50.2 Å². The number of aryl methyl sites for hydroxylation is 1. The molecule has 1 atom stereocenters. The molecule has 0 aliphatic heterocycles. The largest absolute Gasteiger partial charge is 0.494 e. The number of hydrogen-bond acceptors (Lipinski definition) is 3. The molecule has 1 aromatic carbocycles.